The van der Waals surface area contributed by atoms with E-state index in [2.05, 4.69) is 21.4 Å². The maximum atomic E-state index is 5.00. The third-order valence-corrected chi connectivity index (χ3v) is 1.92. The molecule has 1 atom stereocenters. The topological polar surface area (TPSA) is 9.23 Å². The lowest BCUT2D eigenvalue weighted by Gasteiger charge is -2.01. The van der Waals surface area contributed by atoms with Gasteiger partial charge in [-0.3, -0.25) is 0 Å². The van der Waals surface area contributed by atoms with E-state index in [4.69, 9.17) is 4.74 Å². The lowest BCUT2D eigenvalue weighted by Crippen LogP contribution is -2.01. The lowest BCUT2D eigenvalue weighted by atomic mass is 10.2. The van der Waals surface area contributed by atoms with Crippen LogP contribution in [0.15, 0.2) is 24.3 Å². The van der Waals surface area contributed by atoms with Crippen LogP contribution in [0.5, 0.6) is 0 Å². The minimum Gasteiger partial charge on any atom is -0.380 e. The Kier molecular flexibility index (Phi) is 2.85. The Hall–Kier alpha value is -0.390. The molecule has 0 heterocycles. The molecule has 1 unspecified atom stereocenters. The zero-order chi connectivity index (χ0) is 7.40. The van der Waals surface area contributed by atoms with E-state index in [9.17, 15) is 0 Å². The minimum absolute atomic E-state index is 0.694. The highest BCUT2D eigenvalue weighted by Gasteiger charge is 1.93. The van der Waals surface area contributed by atoms with Crippen molar-refractivity contribution >= 4 is 14.5 Å². The van der Waals surface area contributed by atoms with E-state index in [-0.39, 0.29) is 0 Å². The molecule has 0 aromatic heterocycles. The van der Waals surface area contributed by atoms with Crippen LogP contribution >= 0.6 is 9.24 Å². The lowest BCUT2D eigenvalue weighted by molar-refractivity contribution is 0.185. The molecule has 0 aliphatic carbocycles. The average molecular weight is 154 g/mol. The van der Waals surface area contributed by atoms with Gasteiger partial charge in [0.1, 0.15) is 0 Å². The van der Waals surface area contributed by atoms with Crippen molar-refractivity contribution in [1.29, 1.82) is 0 Å². The van der Waals surface area contributed by atoms with Crippen molar-refractivity contribution in [2.75, 3.05) is 7.11 Å². The molecule has 1 nitrogen and oxygen atoms in total. The molecular formula is C8H11OP. The summed E-state index contributed by atoms with van der Waals surface area (Å²) in [4.78, 5) is 0. The van der Waals surface area contributed by atoms with Crippen LogP contribution in [0.1, 0.15) is 5.56 Å². The van der Waals surface area contributed by atoms with Gasteiger partial charge >= 0.3 is 0 Å². The van der Waals surface area contributed by atoms with Crippen LogP contribution in [-0.4, -0.2) is 7.11 Å². The first kappa shape index (κ1) is 7.71. The summed E-state index contributed by atoms with van der Waals surface area (Å²) >= 11 is 0. The van der Waals surface area contributed by atoms with E-state index in [0.717, 1.165) is 0 Å². The molecule has 0 saturated heterocycles. The number of hydrogen-bond donors (Lipinski definition) is 0. The van der Waals surface area contributed by atoms with Gasteiger partial charge in [-0.1, -0.05) is 24.3 Å². The van der Waals surface area contributed by atoms with E-state index in [1.807, 2.05) is 12.1 Å². The van der Waals surface area contributed by atoms with Gasteiger partial charge in [-0.25, -0.2) is 0 Å². The average Bonchev–Trinajstić information content (AvgIpc) is 1.94. The Labute approximate surface area is 63.6 Å². The molecule has 0 aliphatic rings. The van der Waals surface area contributed by atoms with Crippen LogP contribution in [-0.2, 0) is 11.3 Å². The highest BCUT2D eigenvalue weighted by atomic mass is 31.0. The fourth-order valence-electron chi connectivity index (χ4n) is 0.821. The van der Waals surface area contributed by atoms with Gasteiger partial charge in [0.15, 0.2) is 0 Å². The van der Waals surface area contributed by atoms with Crippen LogP contribution in [0.3, 0.4) is 0 Å². The van der Waals surface area contributed by atoms with Gasteiger partial charge < -0.3 is 4.74 Å². The summed E-state index contributed by atoms with van der Waals surface area (Å²) in [6.07, 6.45) is 0. The second-order valence-corrected chi connectivity index (χ2v) is 2.75. The van der Waals surface area contributed by atoms with Gasteiger partial charge in [0.2, 0.25) is 0 Å². The fraction of sp³-hybridized carbons (Fsp3) is 0.250. The Morgan fingerprint density at radius 2 is 2.10 bits per heavy atom. The Morgan fingerprint density at radius 1 is 1.40 bits per heavy atom. The molecule has 0 aliphatic heterocycles. The number of rotatable bonds is 2. The zero-order valence-corrected chi connectivity index (χ0v) is 7.16. The van der Waals surface area contributed by atoms with Gasteiger partial charge in [0, 0.05) is 7.11 Å². The second-order valence-electron chi connectivity index (χ2n) is 2.13. The molecule has 0 amide bonds. The largest absolute Gasteiger partial charge is 0.380 e. The molecule has 1 aromatic rings. The minimum atomic E-state index is 0.694. The standard InChI is InChI=1S/C8H11OP/c1-9-6-7-4-2-3-5-8(7)10/h2-5H,6,10H2,1H3. The fourth-order valence-corrected chi connectivity index (χ4v) is 1.11. The summed E-state index contributed by atoms with van der Waals surface area (Å²) in [5.74, 6) is 0. The van der Waals surface area contributed by atoms with Crippen LogP contribution in [0.4, 0.5) is 0 Å². The summed E-state index contributed by atoms with van der Waals surface area (Å²) < 4.78 is 5.00. The summed E-state index contributed by atoms with van der Waals surface area (Å²) in [7, 11) is 4.39. The van der Waals surface area contributed by atoms with E-state index < -0.39 is 0 Å². The molecular weight excluding hydrogens is 143 g/mol. The van der Waals surface area contributed by atoms with Crippen LogP contribution < -0.4 is 5.30 Å². The molecule has 0 fully saturated rings. The number of benzene rings is 1. The van der Waals surface area contributed by atoms with Crippen molar-refractivity contribution in [1.82, 2.24) is 0 Å². The van der Waals surface area contributed by atoms with Crippen molar-refractivity contribution in [3.05, 3.63) is 29.8 Å². The molecule has 0 saturated carbocycles. The predicted molar refractivity (Wildman–Crippen MR) is 46.5 cm³/mol. The molecule has 0 radical (unpaired) electrons. The first-order valence-electron chi connectivity index (χ1n) is 3.17. The normalized spacial score (nSPS) is 9.80. The smallest absolute Gasteiger partial charge is 0.0719 e. The second kappa shape index (κ2) is 3.70. The van der Waals surface area contributed by atoms with Crippen molar-refractivity contribution < 1.29 is 4.74 Å². The Morgan fingerprint density at radius 3 is 2.70 bits per heavy atom. The summed E-state index contributed by atoms with van der Waals surface area (Å²) in [5.41, 5.74) is 1.23. The SMILES string of the molecule is COCc1ccccc1P. The van der Waals surface area contributed by atoms with E-state index in [0.29, 0.717) is 6.61 Å². The van der Waals surface area contributed by atoms with Gasteiger partial charge in [0.05, 0.1) is 6.61 Å². The van der Waals surface area contributed by atoms with Crippen molar-refractivity contribution in [2.45, 2.75) is 6.61 Å². The number of methoxy groups -OCH3 is 1. The Balaban J connectivity index is 2.81. The maximum Gasteiger partial charge on any atom is 0.0719 e. The number of ether oxygens (including phenoxy) is 1. The van der Waals surface area contributed by atoms with Gasteiger partial charge in [0.25, 0.3) is 0 Å². The first-order valence-corrected chi connectivity index (χ1v) is 3.74. The van der Waals surface area contributed by atoms with E-state index in [1.165, 1.54) is 10.9 Å². The molecule has 0 bridgehead atoms. The molecule has 0 N–H and O–H groups in total. The zero-order valence-electron chi connectivity index (χ0n) is 6.00. The van der Waals surface area contributed by atoms with E-state index in [1.54, 1.807) is 7.11 Å². The van der Waals surface area contributed by atoms with Crippen LogP contribution in [0.25, 0.3) is 0 Å². The third-order valence-electron chi connectivity index (χ3n) is 1.35. The van der Waals surface area contributed by atoms with Gasteiger partial charge in [-0.05, 0) is 10.9 Å². The maximum absolute atomic E-state index is 5.00. The molecule has 54 valence electrons. The summed E-state index contributed by atoms with van der Waals surface area (Å²) in [6, 6.07) is 8.15. The Bertz CT molecular complexity index is 210. The van der Waals surface area contributed by atoms with Crippen molar-refractivity contribution in [3.8, 4) is 0 Å². The van der Waals surface area contributed by atoms with Gasteiger partial charge in [-0.2, -0.15) is 0 Å². The molecule has 0 spiro atoms. The van der Waals surface area contributed by atoms with Crippen molar-refractivity contribution in [3.63, 3.8) is 0 Å². The number of hydrogen-bond acceptors (Lipinski definition) is 1. The van der Waals surface area contributed by atoms with Crippen LogP contribution in [0, 0.1) is 0 Å². The van der Waals surface area contributed by atoms with E-state index >= 15 is 0 Å². The highest BCUT2D eigenvalue weighted by Crippen LogP contribution is 2.00. The van der Waals surface area contributed by atoms with Crippen LogP contribution in [0.2, 0.25) is 0 Å². The molecule has 1 aromatic carbocycles. The predicted octanol–water partition coefficient (Wildman–Crippen LogP) is 1.33. The quantitative estimate of drug-likeness (QED) is 0.584. The first-order chi connectivity index (χ1) is 4.84. The van der Waals surface area contributed by atoms with Gasteiger partial charge in [-0.15, -0.1) is 9.24 Å². The summed E-state index contributed by atoms with van der Waals surface area (Å²) in [5, 5.41) is 1.21. The molecule has 10 heavy (non-hydrogen) atoms. The molecule has 2 heteroatoms. The third kappa shape index (κ3) is 1.80. The monoisotopic (exact) mass is 154 g/mol. The highest BCUT2D eigenvalue weighted by molar-refractivity contribution is 7.27. The summed E-state index contributed by atoms with van der Waals surface area (Å²) in [6.45, 7) is 0.694. The van der Waals surface area contributed by atoms with Crippen molar-refractivity contribution in [2.24, 2.45) is 0 Å². The molecule has 1 rings (SSSR count).